The second-order valence-electron chi connectivity index (χ2n) is 7.26. The molecular weight excluding hydrogens is 406 g/mol. The lowest BCUT2D eigenvalue weighted by atomic mass is 9.85. The van der Waals surface area contributed by atoms with Gasteiger partial charge in [-0.05, 0) is 49.4 Å². The van der Waals surface area contributed by atoms with E-state index < -0.39 is 5.92 Å². The number of fused-ring (bicyclic) bond motifs is 2. The molecule has 7 nitrogen and oxygen atoms in total. The molecule has 0 fully saturated rings. The molecule has 2 aromatic carbocycles. The van der Waals surface area contributed by atoms with Crippen molar-refractivity contribution < 1.29 is 19.1 Å². The highest BCUT2D eigenvalue weighted by Gasteiger charge is 2.36. The number of carbonyl (C=O) groups is 2. The van der Waals surface area contributed by atoms with Gasteiger partial charge in [-0.15, -0.1) is 0 Å². The van der Waals surface area contributed by atoms with Gasteiger partial charge in [-0.3, -0.25) is 9.59 Å². The van der Waals surface area contributed by atoms with Crippen LogP contribution in [0.3, 0.4) is 0 Å². The number of ketones is 1. The van der Waals surface area contributed by atoms with Gasteiger partial charge in [0.15, 0.2) is 17.3 Å². The number of benzene rings is 2. The summed E-state index contributed by atoms with van der Waals surface area (Å²) in [7, 11) is 0. The van der Waals surface area contributed by atoms with Crippen molar-refractivity contribution in [1.82, 2.24) is 9.78 Å². The van der Waals surface area contributed by atoms with Crippen LogP contribution in [0.15, 0.2) is 42.5 Å². The van der Waals surface area contributed by atoms with E-state index in [2.05, 4.69) is 10.4 Å². The first-order valence-corrected chi connectivity index (χ1v) is 9.98. The van der Waals surface area contributed by atoms with Crippen LogP contribution in [0.25, 0.3) is 5.69 Å². The summed E-state index contributed by atoms with van der Waals surface area (Å²) < 4.78 is 12.8. The van der Waals surface area contributed by atoms with Gasteiger partial charge in [0, 0.05) is 22.6 Å². The van der Waals surface area contributed by atoms with Crippen molar-refractivity contribution in [2.24, 2.45) is 0 Å². The lowest BCUT2D eigenvalue weighted by Gasteiger charge is -2.24. The molecule has 3 heterocycles. The first-order chi connectivity index (χ1) is 14.5. The summed E-state index contributed by atoms with van der Waals surface area (Å²) in [5.74, 6) is 0.669. The van der Waals surface area contributed by atoms with Crippen molar-refractivity contribution in [1.29, 1.82) is 0 Å². The number of aromatic nitrogens is 2. The molecule has 1 amide bonds. The minimum Gasteiger partial charge on any atom is -0.486 e. The average Bonchev–Trinajstić information content (AvgIpc) is 3.09. The molecule has 2 aliphatic heterocycles. The first kappa shape index (κ1) is 18.7. The van der Waals surface area contributed by atoms with Crippen molar-refractivity contribution in [2.75, 3.05) is 18.5 Å². The molecule has 0 spiro atoms. The normalized spacial score (nSPS) is 17.3. The maximum atomic E-state index is 13.4. The minimum absolute atomic E-state index is 0.0629. The van der Waals surface area contributed by atoms with Crippen molar-refractivity contribution in [3.8, 4) is 17.2 Å². The number of anilines is 1. The van der Waals surface area contributed by atoms with E-state index in [9.17, 15) is 9.59 Å². The van der Waals surface area contributed by atoms with Crippen LogP contribution >= 0.6 is 11.6 Å². The second-order valence-corrected chi connectivity index (χ2v) is 7.70. The van der Waals surface area contributed by atoms with Gasteiger partial charge < -0.3 is 14.8 Å². The van der Waals surface area contributed by atoms with E-state index in [4.69, 9.17) is 21.1 Å². The highest BCUT2D eigenvalue weighted by molar-refractivity contribution is 6.30. The van der Waals surface area contributed by atoms with Crippen LogP contribution in [-0.2, 0) is 4.79 Å². The Bertz CT molecular complexity index is 1170. The lowest BCUT2D eigenvalue weighted by molar-refractivity contribution is -0.116. The number of hydrogen-bond acceptors (Lipinski definition) is 5. The summed E-state index contributed by atoms with van der Waals surface area (Å²) in [6, 6.07) is 12.3. The largest absolute Gasteiger partial charge is 0.486 e. The van der Waals surface area contributed by atoms with Gasteiger partial charge in [-0.2, -0.15) is 5.10 Å². The van der Waals surface area contributed by atoms with Crippen molar-refractivity contribution in [3.63, 3.8) is 0 Å². The number of Topliss-reactive ketones (excluding diaryl/α,β-unsaturated/α-hetero) is 1. The topological polar surface area (TPSA) is 82.5 Å². The van der Waals surface area contributed by atoms with Crippen molar-refractivity contribution in [3.05, 3.63) is 64.3 Å². The van der Waals surface area contributed by atoms with Crippen LogP contribution in [0.4, 0.5) is 5.82 Å². The maximum Gasteiger partial charge on any atom is 0.226 e. The van der Waals surface area contributed by atoms with Gasteiger partial charge in [0.2, 0.25) is 5.91 Å². The summed E-state index contributed by atoms with van der Waals surface area (Å²) in [5.41, 5.74) is 2.64. The van der Waals surface area contributed by atoms with Crippen LogP contribution in [-0.4, -0.2) is 34.7 Å². The van der Waals surface area contributed by atoms with Crippen LogP contribution in [0, 0.1) is 6.92 Å². The minimum atomic E-state index is -0.627. The standard InChI is InChI=1S/C22H18ClN3O4/c1-12-20-16(21(28)13-2-7-17-18(10-13)30-9-8-29-17)11-19(27)24-22(20)26(25-12)15-5-3-14(23)4-6-15/h2-7,10,16H,8-9,11H2,1H3,(H,24,27)/t16-/m0/s1. The van der Waals surface area contributed by atoms with Gasteiger partial charge >= 0.3 is 0 Å². The fourth-order valence-electron chi connectivity index (χ4n) is 3.94. The number of nitrogens with zero attached hydrogens (tertiary/aromatic N) is 2. The van der Waals surface area contributed by atoms with E-state index in [1.807, 2.05) is 19.1 Å². The van der Waals surface area contributed by atoms with Crippen LogP contribution in [0.1, 0.15) is 34.0 Å². The third kappa shape index (κ3) is 3.11. The van der Waals surface area contributed by atoms with E-state index in [0.717, 1.165) is 11.3 Å². The summed E-state index contributed by atoms with van der Waals surface area (Å²) in [5, 5.41) is 8.07. The number of rotatable bonds is 3. The van der Waals surface area contributed by atoms with Crippen molar-refractivity contribution >= 4 is 29.1 Å². The summed E-state index contributed by atoms with van der Waals surface area (Å²) in [6.45, 7) is 2.76. The Hall–Kier alpha value is -3.32. The zero-order chi connectivity index (χ0) is 20.8. The molecule has 0 bridgehead atoms. The Balaban J connectivity index is 1.56. The van der Waals surface area contributed by atoms with Gasteiger partial charge in [0.05, 0.1) is 17.3 Å². The van der Waals surface area contributed by atoms with E-state index in [1.54, 1.807) is 35.0 Å². The molecule has 8 heteroatoms. The Kier molecular flexibility index (Phi) is 4.47. The van der Waals surface area contributed by atoms with Gasteiger partial charge in [0.25, 0.3) is 0 Å². The summed E-state index contributed by atoms with van der Waals surface area (Å²) in [6.07, 6.45) is 0.0629. The Labute approximate surface area is 177 Å². The molecule has 30 heavy (non-hydrogen) atoms. The summed E-state index contributed by atoms with van der Waals surface area (Å²) >= 11 is 5.99. The first-order valence-electron chi connectivity index (χ1n) is 9.60. The Morgan fingerprint density at radius 3 is 2.63 bits per heavy atom. The number of nitrogens with one attached hydrogen (secondary N) is 1. The fraction of sp³-hybridized carbons (Fsp3) is 0.227. The van der Waals surface area contributed by atoms with Crippen molar-refractivity contribution in [2.45, 2.75) is 19.3 Å². The number of amides is 1. The molecule has 2 aliphatic rings. The third-order valence-corrected chi connectivity index (χ3v) is 5.57. The number of halogens is 1. The molecule has 1 atom stereocenters. The summed E-state index contributed by atoms with van der Waals surface area (Å²) in [4.78, 5) is 25.9. The van der Waals surface area contributed by atoms with E-state index in [0.29, 0.717) is 46.8 Å². The van der Waals surface area contributed by atoms with E-state index in [-0.39, 0.29) is 18.1 Å². The highest BCUT2D eigenvalue weighted by atomic mass is 35.5. The number of aryl methyl sites for hydroxylation is 1. The maximum absolute atomic E-state index is 13.4. The fourth-order valence-corrected chi connectivity index (χ4v) is 4.06. The molecule has 0 unspecified atom stereocenters. The zero-order valence-corrected chi connectivity index (χ0v) is 16.9. The molecule has 1 aromatic heterocycles. The van der Waals surface area contributed by atoms with Crippen LogP contribution in [0.2, 0.25) is 5.02 Å². The van der Waals surface area contributed by atoms with E-state index >= 15 is 0 Å². The molecular formula is C22H18ClN3O4. The van der Waals surface area contributed by atoms with Crippen LogP contribution < -0.4 is 14.8 Å². The Morgan fingerprint density at radius 1 is 1.13 bits per heavy atom. The molecule has 5 rings (SSSR count). The average molecular weight is 424 g/mol. The molecule has 1 N–H and O–H groups in total. The predicted octanol–water partition coefficient (Wildman–Crippen LogP) is 3.91. The quantitative estimate of drug-likeness (QED) is 0.646. The second kappa shape index (κ2) is 7.18. The smallest absolute Gasteiger partial charge is 0.226 e. The SMILES string of the molecule is Cc1nn(-c2ccc(Cl)cc2)c2c1[C@@H](C(=O)c1ccc3c(c1)OCCO3)CC(=O)N2. The molecule has 3 aromatic rings. The zero-order valence-electron chi connectivity index (χ0n) is 16.1. The molecule has 152 valence electrons. The molecule has 0 radical (unpaired) electrons. The molecule has 0 aliphatic carbocycles. The lowest BCUT2D eigenvalue weighted by Crippen LogP contribution is -2.28. The van der Waals surface area contributed by atoms with Gasteiger partial charge in [-0.1, -0.05) is 11.6 Å². The molecule has 0 saturated carbocycles. The third-order valence-electron chi connectivity index (χ3n) is 5.32. The monoisotopic (exact) mass is 423 g/mol. The predicted molar refractivity (Wildman–Crippen MR) is 111 cm³/mol. The number of ether oxygens (including phenoxy) is 2. The number of hydrogen-bond donors (Lipinski definition) is 1. The Morgan fingerprint density at radius 2 is 1.87 bits per heavy atom. The van der Waals surface area contributed by atoms with Gasteiger partial charge in [0.1, 0.15) is 19.0 Å². The van der Waals surface area contributed by atoms with E-state index in [1.165, 1.54) is 0 Å². The van der Waals surface area contributed by atoms with Gasteiger partial charge in [-0.25, -0.2) is 4.68 Å². The van der Waals surface area contributed by atoms with Crippen LogP contribution in [0.5, 0.6) is 11.5 Å². The molecule has 0 saturated heterocycles. The number of carbonyl (C=O) groups excluding carboxylic acids is 2. The highest BCUT2D eigenvalue weighted by Crippen LogP contribution is 2.39.